The average Bonchev–Trinajstić information content (AvgIpc) is 2.62. The monoisotopic (exact) mass is 372 g/mol. The molecule has 0 aliphatic carbocycles. The van der Waals surface area contributed by atoms with E-state index in [2.05, 4.69) is 10.6 Å². The predicted molar refractivity (Wildman–Crippen MR) is 98.9 cm³/mol. The van der Waals surface area contributed by atoms with Crippen LogP contribution in [0.5, 0.6) is 11.5 Å². The average molecular weight is 372 g/mol. The number of non-ortho nitro benzene ring substituents is 1. The van der Waals surface area contributed by atoms with Gasteiger partial charge in [0.1, 0.15) is 5.75 Å². The van der Waals surface area contributed by atoms with Crippen molar-refractivity contribution in [1.82, 2.24) is 5.32 Å². The standard InChI is InChI=1S/C17H15N3O5S/c1-25-13-6-2-11(3-7-13)4-9-16(22)19-17(26)18-14-10-12(20(23)24)5-8-15(14)21/h2-10,21H,1H3,(H2,18,19,22,26)/p-1/b9-4+. The molecule has 26 heavy (non-hydrogen) atoms. The lowest BCUT2D eigenvalue weighted by Gasteiger charge is -2.15. The molecule has 0 aliphatic heterocycles. The van der Waals surface area contributed by atoms with Crippen molar-refractivity contribution >= 4 is 40.7 Å². The van der Waals surface area contributed by atoms with Crippen LogP contribution in [-0.2, 0) is 4.79 Å². The highest BCUT2D eigenvalue weighted by Gasteiger charge is 2.08. The molecule has 0 saturated carbocycles. The normalized spacial score (nSPS) is 10.3. The number of nitrogens with one attached hydrogen (secondary N) is 2. The first-order chi connectivity index (χ1) is 12.4. The van der Waals surface area contributed by atoms with Crippen LogP contribution in [0.25, 0.3) is 6.08 Å². The summed E-state index contributed by atoms with van der Waals surface area (Å²) < 4.78 is 5.04. The Bertz CT molecular complexity index is 865. The van der Waals surface area contributed by atoms with E-state index in [-0.39, 0.29) is 16.5 Å². The van der Waals surface area contributed by atoms with Crippen molar-refractivity contribution < 1.29 is 19.6 Å². The molecule has 0 bridgehead atoms. The number of carbonyl (C=O) groups is 1. The van der Waals surface area contributed by atoms with E-state index in [4.69, 9.17) is 17.0 Å². The number of carbonyl (C=O) groups excluding carboxylic acids is 1. The van der Waals surface area contributed by atoms with E-state index >= 15 is 0 Å². The zero-order chi connectivity index (χ0) is 19.1. The molecule has 0 aromatic heterocycles. The molecule has 0 heterocycles. The number of nitro groups is 1. The number of rotatable bonds is 5. The number of methoxy groups -OCH3 is 1. The Kier molecular flexibility index (Phi) is 6.23. The Morgan fingerprint density at radius 3 is 2.54 bits per heavy atom. The smallest absolute Gasteiger partial charge is 0.271 e. The van der Waals surface area contributed by atoms with Crippen molar-refractivity contribution in [3.05, 3.63) is 64.2 Å². The molecule has 0 saturated heterocycles. The van der Waals surface area contributed by atoms with Gasteiger partial charge in [0.25, 0.3) is 5.69 Å². The Hall–Kier alpha value is -3.46. The summed E-state index contributed by atoms with van der Waals surface area (Å²) in [4.78, 5) is 22.0. The maximum absolute atomic E-state index is 11.9. The number of nitrogens with zero attached hydrogens (tertiary/aromatic N) is 1. The number of hydrogen-bond donors (Lipinski definition) is 2. The summed E-state index contributed by atoms with van der Waals surface area (Å²) in [7, 11) is 1.56. The van der Waals surface area contributed by atoms with Crippen molar-refractivity contribution in [3.8, 4) is 11.5 Å². The molecular formula is C17H14N3O5S-. The van der Waals surface area contributed by atoms with Crippen LogP contribution in [0, 0.1) is 10.1 Å². The Morgan fingerprint density at radius 1 is 1.23 bits per heavy atom. The highest BCUT2D eigenvalue weighted by Crippen LogP contribution is 2.25. The van der Waals surface area contributed by atoms with Gasteiger partial charge in [-0.3, -0.25) is 20.2 Å². The van der Waals surface area contributed by atoms with Crippen LogP contribution in [0.2, 0.25) is 0 Å². The first-order valence-corrected chi connectivity index (χ1v) is 7.69. The van der Waals surface area contributed by atoms with E-state index in [9.17, 15) is 20.0 Å². The van der Waals surface area contributed by atoms with Crippen LogP contribution in [0.1, 0.15) is 5.56 Å². The summed E-state index contributed by atoms with van der Waals surface area (Å²) in [5.41, 5.74) is 0.421. The molecule has 0 fully saturated rings. The molecular weight excluding hydrogens is 358 g/mol. The van der Waals surface area contributed by atoms with E-state index in [0.717, 1.165) is 23.8 Å². The molecule has 1 amide bonds. The van der Waals surface area contributed by atoms with Crippen molar-refractivity contribution in [1.29, 1.82) is 0 Å². The van der Waals surface area contributed by atoms with Gasteiger partial charge < -0.3 is 15.2 Å². The number of nitro benzene ring substituents is 1. The van der Waals surface area contributed by atoms with Crippen molar-refractivity contribution in [2.24, 2.45) is 0 Å². The fraction of sp³-hybridized carbons (Fsp3) is 0.0588. The van der Waals surface area contributed by atoms with E-state index in [1.165, 1.54) is 6.08 Å². The van der Waals surface area contributed by atoms with Crippen LogP contribution in [0.15, 0.2) is 48.5 Å². The van der Waals surface area contributed by atoms with Gasteiger partial charge in [0.15, 0.2) is 5.11 Å². The van der Waals surface area contributed by atoms with E-state index in [0.29, 0.717) is 5.75 Å². The van der Waals surface area contributed by atoms with Crippen molar-refractivity contribution in [2.45, 2.75) is 0 Å². The quantitative estimate of drug-likeness (QED) is 0.358. The van der Waals surface area contributed by atoms with Gasteiger partial charge in [0, 0.05) is 23.9 Å². The highest BCUT2D eigenvalue weighted by atomic mass is 32.1. The molecule has 134 valence electrons. The number of amides is 1. The maximum atomic E-state index is 11.9. The van der Waals surface area contributed by atoms with Gasteiger partial charge in [0.05, 0.1) is 12.0 Å². The van der Waals surface area contributed by atoms with Gasteiger partial charge in [-0.05, 0) is 36.0 Å². The Morgan fingerprint density at radius 2 is 1.92 bits per heavy atom. The van der Waals surface area contributed by atoms with Gasteiger partial charge in [-0.25, -0.2) is 0 Å². The second kappa shape index (κ2) is 8.58. The summed E-state index contributed by atoms with van der Waals surface area (Å²) >= 11 is 4.94. The van der Waals surface area contributed by atoms with Gasteiger partial charge in [-0.1, -0.05) is 23.9 Å². The molecule has 8 nitrogen and oxygen atoms in total. The minimum atomic E-state index is -0.635. The first-order valence-electron chi connectivity index (χ1n) is 7.28. The van der Waals surface area contributed by atoms with Crippen molar-refractivity contribution in [2.75, 3.05) is 12.4 Å². The molecule has 0 aliphatic rings. The third-order valence-corrected chi connectivity index (χ3v) is 3.41. The molecule has 9 heteroatoms. The van der Waals surface area contributed by atoms with Crippen LogP contribution in [-0.4, -0.2) is 23.1 Å². The van der Waals surface area contributed by atoms with Gasteiger partial charge in [-0.15, -0.1) is 0 Å². The van der Waals surface area contributed by atoms with Gasteiger partial charge >= 0.3 is 0 Å². The second-order valence-electron chi connectivity index (χ2n) is 4.99. The summed E-state index contributed by atoms with van der Waals surface area (Å²) in [5, 5.41) is 27.1. The third-order valence-electron chi connectivity index (χ3n) is 3.20. The summed E-state index contributed by atoms with van der Waals surface area (Å²) in [6, 6.07) is 10.2. The van der Waals surface area contributed by atoms with E-state index in [1.807, 2.05) is 0 Å². The number of anilines is 1. The number of ether oxygens (including phenoxy) is 1. The summed E-state index contributed by atoms with van der Waals surface area (Å²) in [6.45, 7) is 0. The molecule has 2 N–H and O–H groups in total. The molecule has 2 aromatic rings. The Balaban J connectivity index is 1.96. The van der Waals surface area contributed by atoms with E-state index in [1.54, 1.807) is 37.5 Å². The number of hydrogen-bond acceptors (Lipinski definition) is 6. The lowest BCUT2D eigenvalue weighted by atomic mass is 10.2. The number of thiocarbonyl (C=S) groups is 1. The third kappa shape index (κ3) is 5.28. The Labute approximate surface area is 154 Å². The van der Waals surface area contributed by atoms with Gasteiger partial charge in [0.2, 0.25) is 5.91 Å². The lowest BCUT2D eigenvalue weighted by molar-refractivity contribution is -0.385. The summed E-state index contributed by atoms with van der Waals surface area (Å²) in [5.74, 6) is -0.306. The molecule has 0 radical (unpaired) electrons. The van der Waals surface area contributed by atoms with Crippen LogP contribution < -0.4 is 20.5 Å². The van der Waals surface area contributed by atoms with Crippen LogP contribution in [0.4, 0.5) is 11.4 Å². The minimum Gasteiger partial charge on any atom is -0.871 e. The maximum Gasteiger partial charge on any atom is 0.271 e. The summed E-state index contributed by atoms with van der Waals surface area (Å²) in [6.07, 6.45) is 2.84. The minimum absolute atomic E-state index is 0.0939. The van der Waals surface area contributed by atoms with Crippen molar-refractivity contribution in [3.63, 3.8) is 0 Å². The molecule has 0 atom stereocenters. The SMILES string of the molecule is COc1ccc(/C=C/C(=O)NC(=S)Nc2cc([N+](=O)[O-])ccc2[O-])cc1. The molecule has 2 aromatic carbocycles. The number of benzene rings is 2. The molecule has 2 rings (SSSR count). The second-order valence-corrected chi connectivity index (χ2v) is 5.40. The molecule has 0 spiro atoms. The fourth-order valence-electron chi connectivity index (χ4n) is 1.92. The zero-order valence-electron chi connectivity index (χ0n) is 13.6. The van der Waals surface area contributed by atoms with Crippen LogP contribution >= 0.6 is 12.2 Å². The van der Waals surface area contributed by atoms with E-state index < -0.39 is 16.6 Å². The highest BCUT2D eigenvalue weighted by molar-refractivity contribution is 7.80. The topological polar surface area (TPSA) is 117 Å². The van der Waals surface area contributed by atoms with Gasteiger partial charge in [-0.2, -0.15) is 0 Å². The molecule has 0 unspecified atom stereocenters. The van der Waals surface area contributed by atoms with Crippen LogP contribution in [0.3, 0.4) is 0 Å². The fourth-order valence-corrected chi connectivity index (χ4v) is 2.13. The first kappa shape index (κ1) is 18.9. The largest absolute Gasteiger partial charge is 0.871 e. The lowest BCUT2D eigenvalue weighted by Crippen LogP contribution is -2.33. The zero-order valence-corrected chi connectivity index (χ0v) is 14.4. The predicted octanol–water partition coefficient (Wildman–Crippen LogP) is 2.20.